The molecule has 2 N–H and O–H groups in total. The molecule has 2 rings (SSSR count). The molecule has 0 saturated carbocycles. The number of carbonyl (C=O) groups is 1. The van der Waals surface area contributed by atoms with Gasteiger partial charge in [0.2, 0.25) is 0 Å². The van der Waals surface area contributed by atoms with Gasteiger partial charge in [-0.1, -0.05) is 33.4 Å². The lowest BCUT2D eigenvalue weighted by molar-refractivity contribution is 0.0697. The van der Waals surface area contributed by atoms with Gasteiger partial charge in [0.1, 0.15) is 0 Å². The zero-order valence-electron chi connectivity index (χ0n) is 10.5. The van der Waals surface area contributed by atoms with Crippen LogP contribution in [0.4, 0.5) is 18.9 Å². The van der Waals surface area contributed by atoms with Crippen molar-refractivity contribution in [2.45, 2.75) is 0 Å². The van der Waals surface area contributed by atoms with E-state index in [0.717, 1.165) is 12.1 Å². The van der Waals surface area contributed by atoms with E-state index < -0.39 is 55.4 Å². The molecule has 0 atom stereocenters. The van der Waals surface area contributed by atoms with E-state index in [-0.39, 0.29) is 11.3 Å². The first kappa shape index (κ1) is 15.5. The molecule has 1 aromatic carbocycles. The Morgan fingerprint density at radius 2 is 2.05 bits per heavy atom. The summed E-state index contributed by atoms with van der Waals surface area (Å²) in [6.07, 6.45) is 2.39. The highest BCUT2D eigenvalue weighted by Crippen LogP contribution is 2.29. The Kier molecular flexibility index (Phi) is 4.61. The van der Waals surface area contributed by atoms with Crippen molar-refractivity contribution in [3.8, 4) is 0 Å². The van der Waals surface area contributed by atoms with E-state index in [0.29, 0.717) is 0 Å². The number of carboxylic acid groups (broad SMARTS) is 1. The number of hydrogen-bond donors (Lipinski definition) is 2. The lowest BCUT2D eigenvalue weighted by Gasteiger charge is -2.14. The molecule has 0 amide bonds. The van der Waals surface area contributed by atoms with E-state index in [4.69, 9.17) is 5.11 Å². The average molecular weight is 407 g/mol. The fraction of sp³-hybridized carbons (Fsp3) is 0. The van der Waals surface area contributed by atoms with Crippen LogP contribution < -0.4 is 5.32 Å². The number of benzene rings is 1. The fourth-order valence-corrected chi connectivity index (χ4v) is 3.08. The van der Waals surface area contributed by atoms with Crippen LogP contribution >= 0.6 is 20.7 Å². The summed E-state index contributed by atoms with van der Waals surface area (Å²) in [5, 5.41) is 11.4. The van der Waals surface area contributed by atoms with Gasteiger partial charge in [0, 0.05) is 9.58 Å². The SMILES string of the molecule is C=Cc1cc(C(=O)O)c(NC2=C(F)C=IC=C2)c(F)c1F. The number of allylic oxidation sites excluding steroid dienone is 2. The fourth-order valence-electron chi connectivity index (χ4n) is 1.65. The number of carboxylic acids is 1. The number of aromatic carboxylic acids is 1. The van der Waals surface area contributed by atoms with Gasteiger partial charge in [-0.25, -0.2) is 18.0 Å². The molecule has 0 bridgehead atoms. The molecule has 0 radical (unpaired) electrons. The maximum Gasteiger partial charge on any atom is 0.337 e. The third kappa shape index (κ3) is 3.07. The van der Waals surface area contributed by atoms with Crippen molar-refractivity contribution < 1.29 is 23.1 Å². The first-order valence-corrected chi connectivity index (χ1v) is 8.11. The molecule has 0 fully saturated rings. The predicted molar refractivity (Wildman–Crippen MR) is 84.4 cm³/mol. The standard InChI is InChI=1S/C14H9F3INO2/c1-2-7-5-8(14(20)21)13(12(17)11(7)16)19-10-3-4-18-6-9(10)15/h2-6,19H,1H2,(H,20,21). The van der Waals surface area contributed by atoms with Crippen LogP contribution in [0.25, 0.3) is 6.08 Å². The molecule has 7 heteroatoms. The summed E-state index contributed by atoms with van der Waals surface area (Å²) in [6, 6.07) is 0.942. The number of nitrogens with one attached hydrogen (secondary N) is 1. The van der Waals surface area contributed by atoms with Crippen LogP contribution in [-0.2, 0) is 0 Å². The minimum Gasteiger partial charge on any atom is -0.478 e. The van der Waals surface area contributed by atoms with Crippen LogP contribution in [0.5, 0.6) is 0 Å². The summed E-state index contributed by atoms with van der Waals surface area (Å²) in [4.78, 5) is 11.2. The van der Waals surface area contributed by atoms with Crippen molar-refractivity contribution in [1.29, 1.82) is 0 Å². The number of rotatable bonds is 4. The van der Waals surface area contributed by atoms with Crippen LogP contribution in [0.3, 0.4) is 0 Å². The highest BCUT2D eigenvalue weighted by atomic mass is 127. The first-order valence-electron chi connectivity index (χ1n) is 5.62. The van der Waals surface area contributed by atoms with E-state index in [1.165, 1.54) is 10.1 Å². The topological polar surface area (TPSA) is 49.3 Å². The highest BCUT2D eigenvalue weighted by molar-refractivity contribution is 14.2. The Hall–Kier alpha value is -1.90. The maximum absolute atomic E-state index is 14.0. The molecule has 110 valence electrons. The van der Waals surface area contributed by atoms with Gasteiger partial charge in [-0.3, -0.25) is 0 Å². The number of anilines is 1. The molecular formula is C14H9F3INO2. The van der Waals surface area contributed by atoms with Crippen LogP contribution in [0.2, 0.25) is 0 Å². The molecule has 21 heavy (non-hydrogen) atoms. The first-order chi connectivity index (χ1) is 9.95. The van der Waals surface area contributed by atoms with Crippen molar-refractivity contribution >= 4 is 42.5 Å². The molecule has 3 nitrogen and oxygen atoms in total. The Morgan fingerprint density at radius 1 is 1.33 bits per heavy atom. The van der Waals surface area contributed by atoms with Gasteiger partial charge < -0.3 is 10.4 Å². The summed E-state index contributed by atoms with van der Waals surface area (Å²) in [5.41, 5.74) is -1.50. The summed E-state index contributed by atoms with van der Waals surface area (Å²) in [7, 11) is 0. The predicted octanol–water partition coefficient (Wildman–Crippen LogP) is 4.20. The Bertz CT molecular complexity index is 723. The van der Waals surface area contributed by atoms with E-state index in [2.05, 4.69) is 11.9 Å². The monoisotopic (exact) mass is 407 g/mol. The van der Waals surface area contributed by atoms with Crippen molar-refractivity contribution in [1.82, 2.24) is 0 Å². The lowest BCUT2D eigenvalue weighted by atomic mass is 10.1. The van der Waals surface area contributed by atoms with Crippen LogP contribution in [0.15, 0.2) is 34.3 Å². The maximum atomic E-state index is 14.0. The molecular weight excluding hydrogens is 398 g/mol. The van der Waals surface area contributed by atoms with E-state index in [1.54, 1.807) is 4.08 Å². The number of halogens is 4. The molecule has 1 aliphatic heterocycles. The smallest absolute Gasteiger partial charge is 0.337 e. The van der Waals surface area contributed by atoms with E-state index in [9.17, 15) is 18.0 Å². The molecule has 0 spiro atoms. The average Bonchev–Trinajstić information content (AvgIpc) is 2.46. The quantitative estimate of drug-likeness (QED) is 0.736. The Labute approximate surface area is 128 Å². The Balaban J connectivity index is 2.60. The summed E-state index contributed by atoms with van der Waals surface area (Å²) < 4.78 is 44.4. The van der Waals surface area contributed by atoms with Crippen LogP contribution in [0.1, 0.15) is 15.9 Å². The normalized spacial score (nSPS) is 13.9. The van der Waals surface area contributed by atoms with Gasteiger partial charge in [-0.15, -0.1) is 0 Å². The minimum absolute atomic E-state index is 0.104. The lowest BCUT2D eigenvalue weighted by Crippen LogP contribution is -2.11. The second kappa shape index (κ2) is 6.25. The molecule has 0 aromatic heterocycles. The largest absolute Gasteiger partial charge is 0.478 e. The van der Waals surface area contributed by atoms with Crippen molar-refractivity contribution in [2.24, 2.45) is 0 Å². The van der Waals surface area contributed by atoms with Gasteiger partial charge in [0.15, 0.2) is 17.5 Å². The van der Waals surface area contributed by atoms with Crippen LogP contribution in [-0.4, -0.2) is 15.1 Å². The second-order valence-electron chi connectivity index (χ2n) is 3.94. The highest BCUT2D eigenvalue weighted by Gasteiger charge is 2.22. The molecule has 0 unspecified atom stereocenters. The minimum atomic E-state index is -1.46. The zero-order valence-corrected chi connectivity index (χ0v) is 12.6. The van der Waals surface area contributed by atoms with E-state index >= 15 is 0 Å². The van der Waals surface area contributed by atoms with Crippen molar-refractivity contribution in [2.75, 3.05) is 5.32 Å². The molecule has 0 aliphatic carbocycles. The third-order valence-corrected chi connectivity index (χ3v) is 4.34. The second-order valence-corrected chi connectivity index (χ2v) is 6.00. The van der Waals surface area contributed by atoms with Crippen molar-refractivity contribution in [3.63, 3.8) is 0 Å². The van der Waals surface area contributed by atoms with Gasteiger partial charge in [0.25, 0.3) is 0 Å². The Morgan fingerprint density at radius 3 is 2.62 bits per heavy atom. The number of hydrogen-bond acceptors (Lipinski definition) is 2. The van der Waals surface area contributed by atoms with Crippen LogP contribution in [0, 0.1) is 11.6 Å². The van der Waals surface area contributed by atoms with E-state index in [1.807, 2.05) is 0 Å². The summed E-state index contributed by atoms with van der Waals surface area (Å²) >= 11 is -0.548. The van der Waals surface area contributed by atoms with Gasteiger partial charge >= 0.3 is 5.97 Å². The molecule has 1 heterocycles. The van der Waals surface area contributed by atoms with Gasteiger partial charge in [-0.05, 0) is 16.2 Å². The molecule has 1 aromatic rings. The molecule has 1 aliphatic rings. The summed E-state index contributed by atoms with van der Waals surface area (Å²) in [6.45, 7) is 3.29. The van der Waals surface area contributed by atoms with Gasteiger partial charge in [0.05, 0.1) is 16.9 Å². The molecule has 0 saturated heterocycles. The zero-order chi connectivity index (χ0) is 15.6. The van der Waals surface area contributed by atoms with Gasteiger partial charge in [-0.2, -0.15) is 0 Å². The summed E-state index contributed by atoms with van der Waals surface area (Å²) in [5.74, 6) is -4.71. The third-order valence-electron chi connectivity index (χ3n) is 2.66. The van der Waals surface area contributed by atoms with Crippen molar-refractivity contribution in [3.05, 3.63) is 57.1 Å².